The van der Waals surface area contributed by atoms with Gasteiger partial charge in [-0.1, -0.05) is 23.2 Å². The molecule has 4 atom stereocenters. The van der Waals surface area contributed by atoms with Crippen molar-refractivity contribution in [2.24, 2.45) is 10.9 Å². The molecule has 0 aromatic rings. The highest BCUT2D eigenvalue weighted by Crippen LogP contribution is 2.42. The third-order valence-corrected chi connectivity index (χ3v) is 4.27. The van der Waals surface area contributed by atoms with E-state index in [1.165, 1.54) is 0 Å². The third-order valence-electron chi connectivity index (χ3n) is 3.73. The van der Waals surface area contributed by atoms with Gasteiger partial charge in [0.1, 0.15) is 0 Å². The molecular formula is C13H16Cl2N4O5. The predicted octanol–water partition coefficient (Wildman–Crippen LogP) is 0.811. The fraction of sp³-hybridized carbons (Fsp3) is 0.615. The average molecular weight is 379 g/mol. The van der Waals surface area contributed by atoms with Crippen molar-refractivity contribution < 1.29 is 19.5 Å². The molecule has 3 rings (SSSR count). The Morgan fingerprint density at radius 3 is 2.88 bits per heavy atom. The van der Waals surface area contributed by atoms with Crippen LogP contribution in [0.2, 0.25) is 0 Å². The minimum absolute atomic E-state index is 0.180. The number of aliphatic imine (C=N–C) groups is 1. The van der Waals surface area contributed by atoms with Crippen LogP contribution in [0.1, 0.15) is 13.8 Å². The van der Waals surface area contributed by atoms with Gasteiger partial charge in [-0.25, -0.2) is 4.99 Å². The van der Waals surface area contributed by atoms with Gasteiger partial charge in [-0.3, -0.25) is 15.4 Å². The van der Waals surface area contributed by atoms with Gasteiger partial charge in [0.15, 0.2) is 28.5 Å². The molecule has 0 aromatic carbocycles. The number of nitrogens with zero attached hydrogens (tertiary/aromatic N) is 2. The normalized spacial score (nSPS) is 34.0. The van der Waals surface area contributed by atoms with Crippen LogP contribution in [-0.4, -0.2) is 45.4 Å². The Kier molecular flexibility index (Phi) is 4.37. The Bertz CT molecular complexity index is 663. The van der Waals surface area contributed by atoms with Crippen molar-refractivity contribution >= 4 is 28.4 Å². The topological polar surface area (TPSA) is 118 Å². The lowest BCUT2D eigenvalue weighted by Crippen LogP contribution is -2.60. The molecule has 3 unspecified atom stereocenters. The number of halogens is 2. The Hall–Kier alpha value is -1.55. The van der Waals surface area contributed by atoms with Gasteiger partial charge in [0.25, 0.3) is 6.04 Å². The van der Waals surface area contributed by atoms with Gasteiger partial charge >= 0.3 is 0 Å². The molecule has 0 bridgehead atoms. The van der Waals surface area contributed by atoms with Crippen LogP contribution in [0, 0.1) is 16.0 Å². The van der Waals surface area contributed by atoms with Crippen molar-refractivity contribution in [3.05, 3.63) is 33.4 Å². The smallest absolute Gasteiger partial charge is 0.297 e. The molecule has 11 heteroatoms. The average Bonchev–Trinajstić information content (AvgIpc) is 2.91. The van der Waals surface area contributed by atoms with Crippen molar-refractivity contribution in [3.8, 4) is 0 Å². The van der Waals surface area contributed by atoms with Crippen LogP contribution >= 0.6 is 23.2 Å². The van der Waals surface area contributed by atoms with Crippen LogP contribution < -0.4 is 10.6 Å². The highest BCUT2D eigenvalue weighted by atomic mass is 35.5. The minimum Gasteiger partial charge on any atom is -0.453 e. The van der Waals surface area contributed by atoms with E-state index < -0.39 is 34.5 Å². The number of ether oxygens (including phenoxy) is 2. The van der Waals surface area contributed by atoms with E-state index in [0.29, 0.717) is 17.2 Å². The molecule has 9 nitrogen and oxygen atoms in total. The van der Waals surface area contributed by atoms with Gasteiger partial charge in [-0.2, -0.15) is 0 Å². The molecule has 24 heavy (non-hydrogen) atoms. The summed E-state index contributed by atoms with van der Waals surface area (Å²) in [6.45, 7) is 3.28. The quantitative estimate of drug-likeness (QED) is 0.286. The predicted molar refractivity (Wildman–Crippen MR) is 85.7 cm³/mol. The molecule has 3 N–H and O–H groups in total. The zero-order valence-electron chi connectivity index (χ0n) is 12.8. The molecule has 0 amide bonds. The maximum atomic E-state index is 11.3. The molecule has 0 saturated heterocycles. The van der Waals surface area contributed by atoms with Crippen LogP contribution in [0.25, 0.3) is 0 Å². The highest BCUT2D eigenvalue weighted by Gasteiger charge is 2.46. The molecule has 0 aromatic heterocycles. The van der Waals surface area contributed by atoms with E-state index in [1.54, 1.807) is 19.9 Å². The maximum Gasteiger partial charge on any atom is 0.297 e. The van der Waals surface area contributed by atoms with Crippen LogP contribution in [0.4, 0.5) is 0 Å². The molecule has 0 radical (unpaired) electrons. The number of aliphatic hydroxyl groups is 1. The molecule has 132 valence electrons. The van der Waals surface area contributed by atoms with Crippen molar-refractivity contribution in [1.82, 2.24) is 10.6 Å². The van der Waals surface area contributed by atoms with Crippen molar-refractivity contribution in [2.75, 3.05) is 6.61 Å². The second-order valence-electron chi connectivity index (χ2n) is 5.97. The minimum atomic E-state index is -1.31. The second kappa shape index (κ2) is 6.07. The zero-order chi connectivity index (χ0) is 17.6. The van der Waals surface area contributed by atoms with Gasteiger partial charge in [-0.15, -0.1) is 0 Å². The van der Waals surface area contributed by atoms with E-state index in [0.717, 1.165) is 0 Å². The van der Waals surface area contributed by atoms with E-state index in [4.69, 9.17) is 32.7 Å². The monoisotopic (exact) mass is 378 g/mol. The van der Waals surface area contributed by atoms with E-state index in [9.17, 15) is 15.2 Å². The molecule has 2 heterocycles. The summed E-state index contributed by atoms with van der Waals surface area (Å²) in [6, 6.07) is -1.31. The fourth-order valence-electron chi connectivity index (χ4n) is 2.76. The lowest BCUT2D eigenvalue weighted by Gasteiger charge is -2.29. The summed E-state index contributed by atoms with van der Waals surface area (Å²) < 4.78 is 11.4. The summed E-state index contributed by atoms with van der Waals surface area (Å²) >= 11 is 11.8. The first-order chi connectivity index (χ1) is 11.2. The van der Waals surface area contributed by atoms with E-state index in [1.807, 2.05) is 0 Å². The summed E-state index contributed by atoms with van der Waals surface area (Å²) in [5.74, 6) is -0.373. The van der Waals surface area contributed by atoms with Gasteiger partial charge < -0.3 is 19.9 Å². The molecule has 0 saturated carbocycles. The fourth-order valence-corrected chi connectivity index (χ4v) is 3.35. The summed E-state index contributed by atoms with van der Waals surface area (Å²) in [5, 5.41) is 26.3. The van der Waals surface area contributed by atoms with E-state index >= 15 is 0 Å². The number of hydrogen-bond acceptors (Lipinski definition) is 8. The standard InChI is InChI=1S/C13H16Cl2N4O5/c1-13(2)23-8-5(4-20)3-6(9(8)24-13)16-11-7(19(21)22)10(14)17-12(15)18-11/h3,5,7,11-12,16,18,20H,4H2,1-2H3/t5-,7?,11?,12?/m1/s1. The van der Waals surface area contributed by atoms with Crippen LogP contribution in [0.5, 0.6) is 0 Å². The van der Waals surface area contributed by atoms with Gasteiger partial charge in [0.05, 0.1) is 18.2 Å². The first-order valence-corrected chi connectivity index (χ1v) is 8.02. The highest BCUT2D eigenvalue weighted by molar-refractivity contribution is 6.66. The number of nitrogens with one attached hydrogen (secondary N) is 2. The molecule has 1 aliphatic carbocycles. The zero-order valence-corrected chi connectivity index (χ0v) is 14.3. The first-order valence-electron chi connectivity index (χ1n) is 7.20. The Balaban J connectivity index is 1.85. The van der Waals surface area contributed by atoms with Crippen molar-refractivity contribution in [2.45, 2.75) is 37.5 Å². The molecule has 0 spiro atoms. The molecular weight excluding hydrogens is 363 g/mol. The van der Waals surface area contributed by atoms with Gasteiger partial charge in [0.2, 0.25) is 5.79 Å². The Morgan fingerprint density at radius 1 is 1.54 bits per heavy atom. The van der Waals surface area contributed by atoms with E-state index in [-0.39, 0.29) is 11.8 Å². The molecule has 0 fully saturated rings. The van der Waals surface area contributed by atoms with Crippen LogP contribution in [0.15, 0.2) is 28.3 Å². The molecule has 3 aliphatic rings. The number of aliphatic hydroxyl groups excluding tert-OH is 1. The summed E-state index contributed by atoms with van der Waals surface area (Å²) in [7, 11) is 0. The summed E-state index contributed by atoms with van der Waals surface area (Å²) in [4.78, 5) is 14.5. The number of nitro groups is 1. The largest absolute Gasteiger partial charge is 0.453 e. The Morgan fingerprint density at radius 2 is 2.25 bits per heavy atom. The van der Waals surface area contributed by atoms with Crippen LogP contribution in [-0.2, 0) is 9.47 Å². The Labute approximate surface area is 147 Å². The van der Waals surface area contributed by atoms with Gasteiger partial charge in [0, 0.05) is 18.8 Å². The number of alkyl halides is 1. The van der Waals surface area contributed by atoms with Gasteiger partial charge in [-0.05, 0) is 6.08 Å². The summed E-state index contributed by atoms with van der Waals surface area (Å²) in [5.41, 5.74) is -0.429. The van der Waals surface area contributed by atoms with E-state index in [2.05, 4.69) is 15.6 Å². The lowest BCUT2D eigenvalue weighted by molar-refractivity contribution is -0.508. The van der Waals surface area contributed by atoms with Crippen molar-refractivity contribution in [1.29, 1.82) is 0 Å². The molecule has 2 aliphatic heterocycles. The number of hydrogen-bond donors (Lipinski definition) is 3. The van der Waals surface area contributed by atoms with Crippen LogP contribution in [0.3, 0.4) is 0 Å². The third kappa shape index (κ3) is 3.04. The maximum absolute atomic E-state index is 11.3. The van der Waals surface area contributed by atoms with Crippen molar-refractivity contribution in [3.63, 3.8) is 0 Å². The summed E-state index contributed by atoms with van der Waals surface area (Å²) in [6.07, 6.45) is 0.777. The lowest BCUT2D eigenvalue weighted by atomic mass is 10.1. The second-order valence-corrected chi connectivity index (χ2v) is 6.77. The first kappa shape index (κ1) is 17.3. The number of rotatable bonds is 4. The SMILES string of the molecule is CC1(C)OC2=C(O1)[C@@H](CO)C=C2NC1NC(Cl)N=C(Cl)C1[N+](=O)[O-].